The van der Waals surface area contributed by atoms with Crippen molar-refractivity contribution in [3.63, 3.8) is 0 Å². The Kier molecular flexibility index (Phi) is 8.67. The lowest BCUT2D eigenvalue weighted by molar-refractivity contribution is 0.297. The molecular weight excluding hydrogens is 376 g/mol. The zero-order valence-corrected chi connectivity index (χ0v) is 15.4. The molecule has 0 unspecified atom stereocenters. The molecule has 0 fully saturated rings. The quantitative estimate of drug-likeness (QED) is 0.386. The molecule has 1 rings (SSSR count). The van der Waals surface area contributed by atoms with E-state index in [-0.39, 0.29) is 4.90 Å². The Labute approximate surface area is 140 Å². The minimum Gasteiger partial charge on any atom is -0.492 e. The lowest BCUT2D eigenvalue weighted by Gasteiger charge is -2.10. The normalized spacial score (nSPS) is 11.6. The third-order valence-electron chi connectivity index (χ3n) is 3.17. The second-order valence-electron chi connectivity index (χ2n) is 5.00. The zero-order valence-electron chi connectivity index (χ0n) is 12.3. The number of halogens is 2. The van der Waals surface area contributed by atoms with Gasteiger partial charge in [-0.15, -0.1) is 0 Å². The summed E-state index contributed by atoms with van der Waals surface area (Å²) < 4.78 is 29.2. The van der Waals surface area contributed by atoms with E-state index in [1.54, 1.807) is 12.1 Å². The first-order valence-corrected chi connectivity index (χ1v) is 10.4. The predicted octanol–water partition coefficient (Wildman–Crippen LogP) is 5.51. The SMILES string of the molecule is CCCCCCCCCOc1ccc(Br)cc1S(=O)(=O)Cl. The van der Waals surface area contributed by atoms with Crippen LogP contribution in [0.25, 0.3) is 0 Å². The van der Waals surface area contributed by atoms with Crippen molar-refractivity contribution in [2.45, 2.75) is 56.8 Å². The van der Waals surface area contributed by atoms with E-state index in [0.29, 0.717) is 16.8 Å². The van der Waals surface area contributed by atoms with Crippen molar-refractivity contribution in [1.29, 1.82) is 0 Å². The van der Waals surface area contributed by atoms with Crippen LogP contribution in [-0.2, 0) is 9.05 Å². The van der Waals surface area contributed by atoms with Crippen molar-refractivity contribution in [3.8, 4) is 5.75 Å². The molecule has 0 radical (unpaired) electrons. The van der Waals surface area contributed by atoms with Gasteiger partial charge in [0.1, 0.15) is 10.6 Å². The van der Waals surface area contributed by atoms with Crippen LogP contribution in [0, 0.1) is 0 Å². The van der Waals surface area contributed by atoms with Crippen LogP contribution in [0.4, 0.5) is 0 Å². The van der Waals surface area contributed by atoms with E-state index in [1.807, 2.05) is 0 Å². The molecule has 0 heterocycles. The van der Waals surface area contributed by atoms with Gasteiger partial charge in [0, 0.05) is 15.2 Å². The maximum absolute atomic E-state index is 11.5. The summed E-state index contributed by atoms with van der Waals surface area (Å²) in [6.07, 6.45) is 8.32. The number of hydrogen-bond donors (Lipinski definition) is 0. The minimum atomic E-state index is -3.80. The van der Waals surface area contributed by atoms with E-state index >= 15 is 0 Å². The van der Waals surface area contributed by atoms with Crippen LogP contribution in [-0.4, -0.2) is 15.0 Å². The molecule has 6 heteroatoms. The first-order chi connectivity index (χ1) is 9.95. The summed E-state index contributed by atoms with van der Waals surface area (Å²) in [5.41, 5.74) is 0. The first-order valence-electron chi connectivity index (χ1n) is 7.32. The molecule has 0 bridgehead atoms. The van der Waals surface area contributed by atoms with E-state index in [0.717, 1.165) is 12.8 Å². The molecule has 120 valence electrons. The molecule has 0 aliphatic carbocycles. The smallest absolute Gasteiger partial charge is 0.265 e. The average molecular weight is 398 g/mol. The molecule has 21 heavy (non-hydrogen) atoms. The average Bonchev–Trinajstić information content (AvgIpc) is 2.42. The standard InChI is InChI=1S/C15H22BrClO3S/c1-2-3-4-5-6-7-8-11-20-14-10-9-13(16)12-15(14)21(17,18)19/h9-10,12H,2-8,11H2,1H3. The largest absolute Gasteiger partial charge is 0.492 e. The van der Waals surface area contributed by atoms with Gasteiger partial charge >= 0.3 is 0 Å². The maximum Gasteiger partial charge on any atom is 0.265 e. The topological polar surface area (TPSA) is 43.4 Å². The highest BCUT2D eigenvalue weighted by atomic mass is 79.9. The number of hydrogen-bond acceptors (Lipinski definition) is 3. The van der Waals surface area contributed by atoms with Crippen molar-refractivity contribution in [2.75, 3.05) is 6.61 Å². The van der Waals surface area contributed by atoms with Crippen molar-refractivity contribution in [2.24, 2.45) is 0 Å². The van der Waals surface area contributed by atoms with Gasteiger partial charge in [0.2, 0.25) is 0 Å². The van der Waals surface area contributed by atoms with Crippen molar-refractivity contribution in [3.05, 3.63) is 22.7 Å². The number of unbranched alkanes of at least 4 members (excludes halogenated alkanes) is 6. The van der Waals surface area contributed by atoms with E-state index in [2.05, 4.69) is 22.9 Å². The number of ether oxygens (including phenoxy) is 1. The van der Waals surface area contributed by atoms with Crippen molar-refractivity contribution in [1.82, 2.24) is 0 Å². The van der Waals surface area contributed by atoms with Crippen LogP contribution >= 0.6 is 26.6 Å². The van der Waals surface area contributed by atoms with E-state index in [4.69, 9.17) is 15.4 Å². The molecule has 0 N–H and O–H groups in total. The Hall–Kier alpha value is -0.260. The molecule has 0 saturated heterocycles. The fourth-order valence-electron chi connectivity index (χ4n) is 2.03. The summed E-state index contributed by atoms with van der Waals surface area (Å²) in [4.78, 5) is 0.0153. The summed E-state index contributed by atoms with van der Waals surface area (Å²) in [7, 11) is 1.62. The minimum absolute atomic E-state index is 0.0153. The van der Waals surface area contributed by atoms with Gasteiger partial charge in [0.05, 0.1) is 6.61 Å². The molecule has 0 aromatic heterocycles. The summed E-state index contributed by atoms with van der Waals surface area (Å²) in [5.74, 6) is 0.319. The maximum atomic E-state index is 11.5. The lowest BCUT2D eigenvalue weighted by Crippen LogP contribution is -2.02. The monoisotopic (exact) mass is 396 g/mol. The molecule has 0 spiro atoms. The van der Waals surface area contributed by atoms with Crippen LogP contribution in [0.3, 0.4) is 0 Å². The van der Waals surface area contributed by atoms with Gasteiger partial charge in [-0.2, -0.15) is 0 Å². The van der Waals surface area contributed by atoms with Crippen molar-refractivity contribution >= 4 is 35.7 Å². The Morgan fingerprint density at radius 1 is 1.10 bits per heavy atom. The Bertz CT molecular complexity index is 532. The second kappa shape index (κ2) is 9.70. The highest BCUT2D eigenvalue weighted by Gasteiger charge is 2.17. The lowest BCUT2D eigenvalue weighted by atomic mass is 10.1. The van der Waals surface area contributed by atoms with Gasteiger partial charge in [-0.25, -0.2) is 8.42 Å². The molecule has 1 aromatic carbocycles. The summed E-state index contributed by atoms with van der Waals surface area (Å²) in [5, 5.41) is 0. The fourth-order valence-corrected chi connectivity index (χ4v) is 3.54. The zero-order chi connectivity index (χ0) is 15.7. The van der Waals surface area contributed by atoms with E-state index < -0.39 is 9.05 Å². The highest BCUT2D eigenvalue weighted by molar-refractivity contribution is 9.10. The fraction of sp³-hybridized carbons (Fsp3) is 0.600. The molecule has 0 aliphatic heterocycles. The summed E-state index contributed by atoms with van der Waals surface area (Å²) >= 11 is 3.23. The van der Waals surface area contributed by atoms with Crippen LogP contribution in [0.5, 0.6) is 5.75 Å². The van der Waals surface area contributed by atoms with Gasteiger partial charge in [-0.1, -0.05) is 61.4 Å². The number of rotatable bonds is 10. The summed E-state index contributed by atoms with van der Waals surface area (Å²) in [6.45, 7) is 2.71. The molecule has 0 atom stereocenters. The number of benzene rings is 1. The molecule has 0 amide bonds. The third kappa shape index (κ3) is 7.52. The predicted molar refractivity (Wildman–Crippen MR) is 90.7 cm³/mol. The van der Waals surface area contributed by atoms with Crippen LogP contribution in [0.15, 0.2) is 27.6 Å². The first kappa shape index (κ1) is 18.8. The molecule has 0 aliphatic rings. The van der Waals surface area contributed by atoms with Crippen LogP contribution in [0.2, 0.25) is 0 Å². The van der Waals surface area contributed by atoms with E-state index in [1.165, 1.54) is 38.2 Å². The third-order valence-corrected chi connectivity index (χ3v) is 5.01. The van der Waals surface area contributed by atoms with E-state index in [9.17, 15) is 8.42 Å². The Morgan fingerprint density at radius 3 is 2.33 bits per heavy atom. The van der Waals surface area contributed by atoms with Crippen LogP contribution < -0.4 is 4.74 Å². The molecule has 1 aromatic rings. The molecule has 3 nitrogen and oxygen atoms in total. The second-order valence-corrected chi connectivity index (χ2v) is 8.45. The van der Waals surface area contributed by atoms with Crippen LogP contribution in [0.1, 0.15) is 51.9 Å². The Balaban J connectivity index is 2.39. The van der Waals surface area contributed by atoms with Gasteiger partial charge in [-0.05, 0) is 24.6 Å². The van der Waals surface area contributed by atoms with Gasteiger partial charge in [-0.3, -0.25) is 0 Å². The van der Waals surface area contributed by atoms with Gasteiger partial charge < -0.3 is 4.74 Å². The molecular formula is C15H22BrClO3S. The molecule has 0 saturated carbocycles. The van der Waals surface area contributed by atoms with Gasteiger partial charge in [0.15, 0.2) is 0 Å². The van der Waals surface area contributed by atoms with Gasteiger partial charge in [0.25, 0.3) is 9.05 Å². The Morgan fingerprint density at radius 2 is 1.71 bits per heavy atom. The van der Waals surface area contributed by atoms with Crippen molar-refractivity contribution < 1.29 is 13.2 Å². The summed E-state index contributed by atoms with van der Waals surface area (Å²) in [6, 6.07) is 4.83. The highest BCUT2D eigenvalue weighted by Crippen LogP contribution is 2.30.